The van der Waals surface area contributed by atoms with Crippen molar-refractivity contribution in [2.75, 3.05) is 18.4 Å². The van der Waals surface area contributed by atoms with Crippen LogP contribution in [0.3, 0.4) is 0 Å². The normalized spacial score (nSPS) is 14.7. The third-order valence-corrected chi connectivity index (χ3v) is 3.64. The van der Waals surface area contributed by atoms with Crippen molar-refractivity contribution < 1.29 is 9.18 Å². The van der Waals surface area contributed by atoms with Crippen LogP contribution in [0.1, 0.15) is 29.6 Å². The minimum absolute atomic E-state index is 0.0203. The highest BCUT2D eigenvalue weighted by Gasteiger charge is 2.18. The Labute approximate surface area is 128 Å². The highest BCUT2D eigenvalue weighted by atomic mass is 19.1. The van der Waals surface area contributed by atoms with E-state index in [4.69, 9.17) is 0 Å². The maximum absolute atomic E-state index is 12.8. The number of hydrogen-bond acceptors (Lipinski definition) is 4. The van der Waals surface area contributed by atoms with Crippen LogP contribution >= 0.6 is 0 Å². The van der Waals surface area contributed by atoms with Gasteiger partial charge < -0.3 is 10.2 Å². The van der Waals surface area contributed by atoms with Gasteiger partial charge in [0, 0.05) is 31.2 Å². The smallest absolute Gasteiger partial charge is 0.256 e. The Morgan fingerprint density at radius 1 is 1.05 bits per heavy atom. The molecule has 114 valence electrons. The lowest BCUT2D eigenvalue weighted by molar-refractivity contribution is 0.0723. The molecule has 0 atom stereocenters. The van der Waals surface area contributed by atoms with Gasteiger partial charge in [0.05, 0.1) is 5.56 Å². The molecule has 2 aromatic rings. The Morgan fingerprint density at radius 2 is 1.68 bits per heavy atom. The number of nitrogens with zero attached hydrogens (tertiary/aromatic N) is 3. The monoisotopic (exact) mass is 300 g/mol. The Balaban J connectivity index is 1.66. The summed E-state index contributed by atoms with van der Waals surface area (Å²) >= 11 is 0. The molecule has 1 amide bonds. The average Bonchev–Trinajstić information content (AvgIpc) is 2.58. The summed E-state index contributed by atoms with van der Waals surface area (Å²) in [6.07, 6.45) is 6.33. The first-order chi connectivity index (χ1) is 10.7. The van der Waals surface area contributed by atoms with Crippen molar-refractivity contribution in [3.05, 3.63) is 48.0 Å². The Kier molecular flexibility index (Phi) is 4.27. The number of halogens is 1. The standard InChI is InChI=1S/C16H17FN4O/c17-13-4-6-14(7-5-13)20-16-18-10-12(11-19-16)15(22)21-8-2-1-3-9-21/h4-7,10-11H,1-3,8-9H2,(H,18,19,20). The first-order valence-electron chi connectivity index (χ1n) is 7.36. The summed E-state index contributed by atoms with van der Waals surface area (Å²) in [7, 11) is 0. The molecule has 0 unspecified atom stereocenters. The van der Waals surface area contributed by atoms with E-state index in [0.717, 1.165) is 25.9 Å². The van der Waals surface area contributed by atoms with Crippen LogP contribution in [-0.4, -0.2) is 33.9 Å². The maximum Gasteiger partial charge on any atom is 0.256 e. The van der Waals surface area contributed by atoms with Gasteiger partial charge in [-0.1, -0.05) is 0 Å². The van der Waals surface area contributed by atoms with Gasteiger partial charge in [-0.2, -0.15) is 0 Å². The number of piperidine rings is 1. The van der Waals surface area contributed by atoms with Crippen molar-refractivity contribution in [3.8, 4) is 0 Å². The summed E-state index contributed by atoms with van der Waals surface area (Å²) in [5.41, 5.74) is 1.18. The molecule has 6 heteroatoms. The Morgan fingerprint density at radius 3 is 2.32 bits per heavy atom. The van der Waals surface area contributed by atoms with Crippen molar-refractivity contribution in [2.45, 2.75) is 19.3 Å². The number of rotatable bonds is 3. The molecule has 1 aliphatic rings. The summed E-state index contributed by atoms with van der Waals surface area (Å²) < 4.78 is 12.8. The molecule has 0 bridgehead atoms. The lowest BCUT2D eigenvalue weighted by atomic mass is 10.1. The van der Waals surface area contributed by atoms with Crippen molar-refractivity contribution in [3.63, 3.8) is 0 Å². The van der Waals surface area contributed by atoms with Crippen LogP contribution in [0, 0.1) is 5.82 Å². The molecule has 0 aliphatic carbocycles. The SMILES string of the molecule is O=C(c1cnc(Nc2ccc(F)cc2)nc1)N1CCCCC1. The third kappa shape index (κ3) is 3.39. The average molecular weight is 300 g/mol. The number of likely N-dealkylation sites (tertiary alicyclic amines) is 1. The number of amides is 1. The first kappa shape index (κ1) is 14.4. The van der Waals surface area contributed by atoms with Gasteiger partial charge >= 0.3 is 0 Å². The van der Waals surface area contributed by atoms with Gasteiger partial charge in [0.15, 0.2) is 0 Å². The maximum atomic E-state index is 12.8. The lowest BCUT2D eigenvalue weighted by Gasteiger charge is -2.26. The number of carbonyl (C=O) groups is 1. The van der Waals surface area contributed by atoms with E-state index in [2.05, 4.69) is 15.3 Å². The molecule has 1 aromatic heterocycles. The van der Waals surface area contributed by atoms with Gasteiger partial charge in [0.1, 0.15) is 5.82 Å². The van der Waals surface area contributed by atoms with Crippen LogP contribution in [0.5, 0.6) is 0 Å². The van der Waals surface area contributed by atoms with E-state index in [0.29, 0.717) is 17.2 Å². The molecule has 22 heavy (non-hydrogen) atoms. The molecule has 0 saturated carbocycles. The van der Waals surface area contributed by atoms with Gasteiger partial charge in [-0.15, -0.1) is 0 Å². The second-order valence-corrected chi connectivity index (χ2v) is 5.28. The van der Waals surface area contributed by atoms with Crippen LogP contribution in [0.15, 0.2) is 36.7 Å². The molecule has 1 saturated heterocycles. The van der Waals surface area contributed by atoms with E-state index < -0.39 is 0 Å². The van der Waals surface area contributed by atoms with Crippen LogP contribution in [0.4, 0.5) is 16.0 Å². The predicted molar refractivity (Wildman–Crippen MR) is 81.5 cm³/mol. The first-order valence-corrected chi connectivity index (χ1v) is 7.36. The van der Waals surface area contributed by atoms with E-state index in [9.17, 15) is 9.18 Å². The summed E-state index contributed by atoms with van der Waals surface area (Å²) in [4.78, 5) is 22.4. The van der Waals surface area contributed by atoms with Gasteiger partial charge in [-0.05, 0) is 43.5 Å². The van der Waals surface area contributed by atoms with E-state index in [1.807, 2.05) is 4.90 Å². The van der Waals surface area contributed by atoms with E-state index in [1.165, 1.54) is 30.9 Å². The fourth-order valence-electron chi connectivity index (χ4n) is 2.44. The molecule has 1 N–H and O–H groups in total. The second kappa shape index (κ2) is 6.51. The molecular formula is C16H17FN4O. The Bertz CT molecular complexity index is 636. The zero-order valence-corrected chi connectivity index (χ0v) is 12.1. The zero-order chi connectivity index (χ0) is 15.4. The number of benzene rings is 1. The Hall–Kier alpha value is -2.50. The molecule has 1 aliphatic heterocycles. The minimum Gasteiger partial charge on any atom is -0.339 e. The number of aromatic nitrogens is 2. The summed E-state index contributed by atoms with van der Waals surface area (Å²) in [6, 6.07) is 5.92. The number of nitrogens with one attached hydrogen (secondary N) is 1. The summed E-state index contributed by atoms with van der Waals surface area (Å²) in [5.74, 6) is 0.0591. The molecule has 1 fully saturated rings. The fourth-order valence-corrected chi connectivity index (χ4v) is 2.44. The fraction of sp³-hybridized carbons (Fsp3) is 0.312. The molecule has 5 nitrogen and oxygen atoms in total. The quantitative estimate of drug-likeness (QED) is 0.946. The number of carbonyl (C=O) groups excluding carboxylic acids is 1. The van der Waals surface area contributed by atoms with Crippen molar-refractivity contribution in [1.29, 1.82) is 0 Å². The largest absolute Gasteiger partial charge is 0.339 e. The van der Waals surface area contributed by atoms with Crippen LogP contribution in [-0.2, 0) is 0 Å². The molecule has 0 spiro atoms. The summed E-state index contributed by atoms with van der Waals surface area (Å²) in [6.45, 7) is 1.60. The number of anilines is 2. The van der Waals surface area contributed by atoms with Crippen LogP contribution in [0.2, 0.25) is 0 Å². The molecular weight excluding hydrogens is 283 g/mol. The van der Waals surface area contributed by atoms with E-state index in [-0.39, 0.29) is 11.7 Å². The van der Waals surface area contributed by atoms with Crippen molar-refractivity contribution in [1.82, 2.24) is 14.9 Å². The highest BCUT2D eigenvalue weighted by Crippen LogP contribution is 2.15. The van der Waals surface area contributed by atoms with Crippen LogP contribution in [0.25, 0.3) is 0 Å². The van der Waals surface area contributed by atoms with E-state index >= 15 is 0 Å². The topological polar surface area (TPSA) is 58.1 Å². The molecule has 3 rings (SSSR count). The van der Waals surface area contributed by atoms with Gasteiger partial charge in [-0.25, -0.2) is 14.4 Å². The van der Waals surface area contributed by atoms with Crippen molar-refractivity contribution >= 4 is 17.5 Å². The van der Waals surface area contributed by atoms with Gasteiger partial charge in [-0.3, -0.25) is 4.79 Å². The molecule has 1 aromatic carbocycles. The summed E-state index contributed by atoms with van der Waals surface area (Å²) in [5, 5.41) is 2.96. The lowest BCUT2D eigenvalue weighted by Crippen LogP contribution is -2.35. The van der Waals surface area contributed by atoms with E-state index in [1.54, 1.807) is 12.1 Å². The highest BCUT2D eigenvalue weighted by molar-refractivity contribution is 5.93. The van der Waals surface area contributed by atoms with Gasteiger partial charge in [0.25, 0.3) is 5.91 Å². The third-order valence-electron chi connectivity index (χ3n) is 3.64. The van der Waals surface area contributed by atoms with Crippen molar-refractivity contribution in [2.24, 2.45) is 0 Å². The minimum atomic E-state index is -0.297. The molecule has 2 heterocycles. The predicted octanol–water partition coefficient (Wildman–Crippen LogP) is 2.99. The van der Waals surface area contributed by atoms with Crippen LogP contribution < -0.4 is 5.32 Å². The second-order valence-electron chi connectivity index (χ2n) is 5.28. The molecule has 0 radical (unpaired) electrons. The zero-order valence-electron chi connectivity index (χ0n) is 12.1. The van der Waals surface area contributed by atoms with Gasteiger partial charge in [0.2, 0.25) is 5.95 Å². The number of hydrogen-bond donors (Lipinski definition) is 1.